The highest BCUT2D eigenvalue weighted by Gasteiger charge is 2.32. The van der Waals surface area contributed by atoms with Crippen molar-refractivity contribution in [2.75, 3.05) is 31.1 Å². The third-order valence-electron chi connectivity index (χ3n) is 5.24. The molecule has 6 nitrogen and oxygen atoms in total. The molecule has 3 aromatic rings. The van der Waals surface area contributed by atoms with Gasteiger partial charge in [0, 0.05) is 37.9 Å². The van der Waals surface area contributed by atoms with E-state index in [1.165, 1.54) is 12.1 Å². The lowest BCUT2D eigenvalue weighted by atomic mass is 9.95. The molecule has 2 aliphatic rings. The first-order valence-electron chi connectivity index (χ1n) is 9.13. The number of H-pyrrole nitrogens is 1. The Morgan fingerprint density at radius 2 is 2.00 bits per heavy atom. The summed E-state index contributed by atoms with van der Waals surface area (Å²) in [6, 6.07) is 10.4. The molecule has 1 aromatic heterocycles. The zero-order valence-electron chi connectivity index (χ0n) is 14.7. The van der Waals surface area contributed by atoms with Gasteiger partial charge in [0.05, 0.1) is 11.0 Å². The van der Waals surface area contributed by atoms with Crippen LogP contribution in [0.5, 0.6) is 5.75 Å². The van der Waals surface area contributed by atoms with Gasteiger partial charge in [0.25, 0.3) is 0 Å². The predicted octanol–water partition coefficient (Wildman–Crippen LogP) is 2.36. The molecule has 0 aliphatic carbocycles. The van der Waals surface area contributed by atoms with Gasteiger partial charge in [0.2, 0.25) is 0 Å². The minimum absolute atomic E-state index is 0.334. The maximum Gasteiger partial charge on any atom is 0.322 e. The topological polar surface area (TPSA) is 70.2 Å². The van der Waals surface area contributed by atoms with Gasteiger partial charge in [0.1, 0.15) is 23.3 Å². The van der Waals surface area contributed by atoms with Crippen LogP contribution < -0.4 is 15.0 Å². The van der Waals surface area contributed by atoms with Crippen LogP contribution in [0.1, 0.15) is 17.3 Å². The molecule has 5 rings (SSSR count). The summed E-state index contributed by atoms with van der Waals surface area (Å²) in [5.74, 6) is -0.0564. The number of carbonyl (C=O) groups is 1. The summed E-state index contributed by atoms with van der Waals surface area (Å²) in [5, 5.41) is 3.33. The van der Waals surface area contributed by atoms with Crippen molar-refractivity contribution in [2.24, 2.45) is 0 Å². The van der Waals surface area contributed by atoms with Crippen LogP contribution in [0.3, 0.4) is 0 Å². The van der Waals surface area contributed by atoms with Gasteiger partial charge in [-0.15, -0.1) is 0 Å². The second kappa shape index (κ2) is 6.35. The number of benzene rings is 2. The number of hydrogen-bond acceptors (Lipinski definition) is 5. The Kier molecular flexibility index (Phi) is 3.82. The number of nitrogens with zero attached hydrogens (tertiary/aromatic N) is 2. The van der Waals surface area contributed by atoms with E-state index < -0.39 is 5.92 Å². The van der Waals surface area contributed by atoms with Crippen molar-refractivity contribution in [3.8, 4) is 5.75 Å². The van der Waals surface area contributed by atoms with Crippen molar-refractivity contribution in [3.05, 3.63) is 53.6 Å². The van der Waals surface area contributed by atoms with E-state index in [0.717, 1.165) is 37.4 Å². The number of aromatic nitrogens is 2. The first kappa shape index (κ1) is 16.3. The number of carbonyl (C=O) groups excluding carboxylic acids is 1. The van der Waals surface area contributed by atoms with Crippen LogP contribution in [0.25, 0.3) is 11.0 Å². The van der Waals surface area contributed by atoms with Gasteiger partial charge in [0.15, 0.2) is 0 Å². The maximum atomic E-state index is 13.4. The number of anilines is 1. The number of halogens is 1. The quantitative estimate of drug-likeness (QED) is 0.538. The Morgan fingerprint density at radius 3 is 2.85 bits per heavy atom. The summed E-state index contributed by atoms with van der Waals surface area (Å²) in [4.78, 5) is 22.4. The average molecular weight is 366 g/mol. The Balaban J connectivity index is 1.44. The average Bonchev–Trinajstić information content (AvgIpc) is 3.10. The Labute approximate surface area is 155 Å². The fraction of sp³-hybridized carbons (Fsp3) is 0.300. The number of fused-ring (bicyclic) bond motifs is 2. The number of hydrogen-bond donors (Lipinski definition) is 2. The van der Waals surface area contributed by atoms with Crippen LogP contribution >= 0.6 is 0 Å². The van der Waals surface area contributed by atoms with E-state index in [1.54, 1.807) is 6.07 Å². The van der Waals surface area contributed by atoms with Gasteiger partial charge in [-0.2, -0.15) is 0 Å². The molecule has 1 saturated heterocycles. The monoisotopic (exact) mass is 366 g/mol. The zero-order chi connectivity index (χ0) is 18.4. The lowest BCUT2D eigenvalue weighted by Gasteiger charge is -2.31. The van der Waals surface area contributed by atoms with Crippen LogP contribution in [-0.2, 0) is 11.2 Å². The summed E-state index contributed by atoms with van der Waals surface area (Å²) in [6.45, 7) is 3.77. The number of piperazine rings is 1. The van der Waals surface area contributed by atoms with E-state index in [4.69, 9.17) is 4.74 Å². The SMILES string of the molecule is O=C1Oc2cc(N3CCNCC3)ccc2CC1c1nc2ccc(F)cc2[nH]1. The second-order valence-corrected chi connectivity index (χ2v) is 6.99. The van der Waals surface area contributed by atoms with Crippen molar-refractivity contribution in [3.63, 3.8) is 0 Å². The van der Waals surface area contributed by atoms with E-state index >= 15 is 0 Å². The molecule has 0 amide bonds. The minimum atomic E-state index is -0.516. The van der Waals surface area contributed by atoms with Crippen LogP contribution in [-0.4, -0.2) is 42.1 Å². The van der Waals surface area contributed by atoms with Gasteiger partial charge in [-0.3, -0.25) is 4.79 Å². The molecular formula is C20H19FN4O2. The first-order valence-corrected chi connectivity index (χ1v) is 9.13. The standard InChI is InChI=1S/C20H19FN4O2/c21-13-2-4-16-17(10-13)24-19(23-16)15-9-12-1-3-14(11-18(12)27-20(15)26)25-7-5-22-6-8-25/h1-4,10-11,15,22H,5-9H2,(H,23,24). The van der Waals surface area contributed by atoms with Crippen molar-refractivity contribution in [1.82, 2.24) is 15.3 Å². The van der Waals surface area contributed by atoms with Crippen molar-refractivity contribution in [1.29, 1.82) is 0 Å². The van der Waals surface area contributed by atoms with E-state index in [2.05, 4.69) is 26.3 Å². The third-order valence-corrected chi connectivity index (χ3v) is 5.24. The molecule has 1 fully saturated rings. The smallest absolute Gasteiger partial charge is 0.322 e. The zero-order valence-corrected chi connectivity index (χ0v) is 14.7. The number of imidazole rings is 1. The fourth-order valence-electron chi connectivity index (χ4n) is 3.78. The molecule has 3 heterocycles. The number of nitrogens with one attached hydrogen (secondary N) is 2. The molecule has 0 saturated carbocycles. The van der Waals surface area contributed by atoms with E-state index in [9.17, 15) is 9.18 Å². The van der Waals surface area contributed by atoms with Gasteiger partial charge in [-0.1, -0.05) is 6.07 Å². The van der Waals surface area contributed by atoms with Gasteiger partial charge >= 0.3 is 5.97 Å². The first-order chi connectivity index (χ1) is 13.2. The minimum Gasteiger partial charge on any atom is -0.426 e. The van der Waals surface area contributed by atoms with E-state index in [1.807, 2.05) is 12.1 Å². The highest BCUT2D eigenvalue weighted by molar-refractivity contribution is 5.84. The van der Waals surface area contributed by atoms with E-state index in [-0.39, 0.29) is 11.8 Å². The predicted molar refractivity (Wildman–Crippen MR) is 99.7 cm³/mol. The molecule has 7 heteroatoms. The third kappa shape index (κ3) is 2.94. The Hall–Kier alpha value is -2.93. The Bertz CT molecular complexity index is 1030. The maximum absolute atomic E-state index is 13.4. The normalized spacial score (nSPS) is 19.8. The molecule has 2 N–H and O–H groups in total. The molecule has 138 valence electrons. The van der Waals surface area contributed by atoms with Crippen LogP contribution in [0.4, 0.5) is 10.1 Å². The lowest BCUT2D eigenvalue weighted by molar-refractivity contribution is -0.137. The van der Waals surface area contributed by atoms with Crippen LogP contribution in [0, 0.1) is 5.82 Å². The summed E-state index contributed by atoms with van der Waals surface area (Å²) >= 11 is 0. The van der Waals surface area contributed by atoms with Gasteiger partial charge in [-0.05, 0) is 36.2 Å². The van der Waals surface area contributed by atoms with Crippen molar-refractivity contribution in [2.45, 2.75) is 12.3 Å². The molecule has 1 unspecified atom stereocenters. The number of rotatable bonds is 2. The molecule has 0 spiro atoms. The Morgan fingerprint density at radius 1 is 1.15 bits per heavy atom. The number of esters is 1. The fourth-order valence-corrected chi connectivity index (χ4v) is 3.78. The highest BCUT2D eigenvalue weighted by atomic mass is 19.1. The van der Waals surface area contributed by atoms with Crippen molar-refractivity contribution < 1.29 is 13.9 Å². The summed E-state index contributed by atoms with van der Waals surface area (Å²) in [5.41, 5.74) is 3.27. The lowest BCUT2D eigenvalue weighted by Crippen LogP contribution is -2.43. The molecular weight excluding hydrogens is 347 g/mol. The molecule has 2 aromatic carbocycles. The molecule has 0 bridgehead atoms. The van der Waals surface area contributed by atoms with Gasteiger partial charge < -0.3 is 19.9 Å². The highest BCUT2D eigenvalue weighted by Crippen LogP contribution is 2.35. The summed E-state index contributed by atoms with van der Waals surface area (Å²) in [7, 11) is 0. The summed E-state index contributed by atoms with van der Waals surface area (Å²) in [6.07, 6.45) is 0.512. The summed E-state index contributed by atoms with van der Waals surface area (Å²) < 4.78 is 19.0. The molecule has 0 radical (unpaired) electrons. The van der Waals surface area contributed by atoms with Gasteiger partial charge in [-0.25, -0.2) is 9.37 Å². The van der Waals surface area contributed by atoms with Crippen molar-refractivity contribution >= 4 is 22.7 Å². The largest absolute Gasteiger partial charge is 0.426 e. The number of aromatic amines is 1. The molecule has 2 aliphatic heterocycles. The molecule has 1 atom stereocenters. The second-order valence-electron chi connectivity index (χ2n) is 6.99. The van der Waals surface area contributed by atoms with Crippen LogP contribution in [0.2, 0.25) is 0 Å². The van der Waals surface area contributed by atoms with E-state index in [0.29, 0.717) is 29.0 Å². The number of ether oxygens (including phenoxy) is 1. The molecule has 27 heavy (non-hydrogen) atoms. The van der Waals surface area contributed by atoms with Crippen LogP contribution in [0.15, 0.2) is 36.4 Å².